The van der Waals surface area contributed by atoms with Crippen molar-refractivity contribution in [2.75, 3.05) is 6.54 Å². The van der Waals surface area contributed by atoms with Crippen LogP contribution in [-0.4, -0.2) is 22.0 Å². The van der Waals surface area contributed by atoms with E-state index in [1.54, 1.807) is 12.1 Å². The molecule has 0 bridgehead atoms. The van der Waals surface area contributed by atoms with E-state index in [2.05, 4.69) is 58.4 Å². The molecule has 0 aliphatic rings. The molecule has 33 heavy (non-hydrogen) atoms. The van der Waals surface area contributed by atoms with Crippen molar-refractivity contribution in [3.63, 3.8) is 0 Å². The second-order valence-electron chi connectivity index (χ2n) is 8.12. The van der Waals surface area contributed by atoms with Gasteiger partial charge in [0.1, 0.15) is 11.6 Å². The molecule has 1 N–H and O–H groups in total. The molecule has 5 rings (SSSR count). The van der Waals surface area contributed by atoms with E-state index in [1.165, 1.54) is 28.5 Å². The van der Waals surface area contributed by atoms with Gasteiger partial charge in [-0.2, -0.15) is 0 Å². The largest absolute Gasteiger partial charge is 0.352 e. The number of halogens is 1. The van der Waals surface area contributed by atoms with Gasteiger partial charge < -0.3 is 9.88 Å². The summed E-state index contributed by atoms with van der Waals surface area (Å²) < 4.78 is 16.1. The summed E-state index contributed by atoms with van der Waals surface area (Å²) in [6, 6.07) is 29.1. The number of aromatic nitrogens is 2. The highest BCUT2D eigenvalue weighted by Crippen LogP contribution is 2.21. The maximum absolute atomic E-state index is 13.8. The number of aryl methyl sites for hydroxylation is 1. The van der Waals surface area contributed by atoms with Crippen molar-refractivity contribution in [3.05, 3.63) is 114 Å². The van der Waals surface area contributed by atoms with Crippen molar-refractivity contribution in [1.82, 2.24) is 14.9 Å². The first-order chi connectivity index (χ1) is 16.2. The number of imidazole rings is 1. The van der Waals surface area contributed by atoms with Crippen molar-refractivity contribution < 1.29 is 9.18 Å². The van der Waals surface area contributed by atoms with Crippen molar-refractivity contribution in [2.45, 2.75) is 19.4 Å². The number of carbonyl (C=O) groups excluding carboxylic acids is 1. The smallest absolute Gasteiger partial charge is 0.254 e. The predicted molar refractivity (Wildman–Crippen MR) is 130 cm³/mol. The summed E-state index contributed by atoms with van der Waals surface area (Å²) in [6.07, 6.45) is 1.42. The summed E-state index contributed by atoms with van der Waals surface area (Å²) >= 11 is 0. The van der Waals surface area contributed by atoms with E-state index in [0.717, 1.165) is 23.4 Å². The molecule has 5 heteroatoms. The summed E-state index contributed by atoms with van der Waals surface area (Å²) in [5.74, 6) is 0.0782. The fourth-order valence-electron chi connectivity index (χ4n) is 4.20. The Labute approximate surface area is 191 Å². The average Bonchev–Trinajstić information content (AvgIpc) is 3.19. The zero-order valence-electron chi connectivity index (χ0n) is 18.2. The summed E-state index contributed by atoms with van der Waals surface area (Å²) in [5.41, 5.74) is 3.34. The summed E-state index contributed by atoms with van der Waals surface area (Å²) in [7, 11) is 0. The molecule has 0 spiro atoms. The van der Waals surface area contributed by atoms with E-state index in [1.807, 2.05) is 18.2 Å². The molecule has 5 aromatic rings. The average molecular weight is 438 g/mol. The van der Waals surface area contributed by atoms with Crippen LogP contribution in [0.15, 0.2) is 91.0 Å². The van der Waals surface area contributed by atoms with E-state index < -0.39 is 11.7 Å². The Hall–Kier alpha value is -3.99. The molecular formula is C28H24FN3O. The van der Waals surface area contributed by atoms with E-state index in [0.29, 0.717) is 19.4 Å². The Bertz CT molecular complexity index is 1440. The Kier molecular flexibility index (Phi) is 5.85. The minimum atomic E-state index is -0.507. The van der Waals surface area contributed by atoms with E-state index in [-0.39, 0.29) is 5.56 Å². The van der Waals surface area contributed by atoms with Crippen LogP contribution in [0.2, 0.25) is 0 Å². The van der Waals surface area contributed by atoms with Crippen molar-refractivity contribution in [2.24, 2.45) is 0 Å². The highest BCUT2D eigenvalue weighted by atomic mass is 19.1. The normalized spacial score (nSPS) is 11.2. The lowest BCUT2D eigenvalue weighted by molar-refractivity contribution is 0.0949. The fraction of sp³-hybridized carbons (Fsp3) is 0.143. The van der Waals surface area contributed by atoms with Crippen LogP contribution in [0.25, 0.3) is 21.8 Å². The lowest BCUT2D eigenvalue weighted by atomic mass is 10.1. The van der Waals surface area contributed by atoms with E-state index in [9.17, 15) is 9.18 Å². The van der Waals surface area contributed by atoms with Crippen LogP contribution in [0.3, 0.4) is 0 Å². The van der Waals surface area contributed by atoms with Crippen molar-refractivity contribution >= 4 is 27.7 Å². The molecule has 0 saturated heterocycles. The molecule has 0 radical (unpaired) electrons. The molecule has 164 valence electrons. The molecule has 0 aliphatic heterocycles. The minimum Gasteiger partial charge on any atom is -0.352 e. The van der Waals surface area contributed by atoms with Gasteiger partial charge >= 0.3 is 0 Å². The first-order valence-electron chi connectivity index (χ1n) is 11.1. The number of hydrogen-bond donors (Lipinski definition) is 1. The van der Waals surface area contributed by atoms with E-state index in [4.69, 9.17) is 4.98 Å². The summed E-state index contributed by atoms with van der Waals surface area (Å²) in [4.78, 5) is 17.1. The van der Waals surface area contributed by atoms with Crippen LogP contribution in [0.4, 0.5) is 4.39 Å². The number of rotatable bonds is 7. The summed E-state index contributed by atoms with van der Waals surface area (Å²) in [5, 5.41) is 5.26. The number of nitrogens with one attached hydrogen (secondary N) is 1. The Balaban J connectivity index is 1.32. The van der Waals surface area contributed by atoms with Gasteiger partial charge in [-0.25, -0.2) is 9.37 Å². The lowest BCUT2D eigenvalue weighted by Crippen LogP contribution is -2.25. The van der Waals surface area contributed by atoms with Crippen LogP contribution >= 0.6 is 0 Å². The minimum absolute atomic E-state index is 0.0704. The molecule has 0 aliphatic carbocycles. The molecule has 4 aromatic carbocycles. The quantitative estimate of drug-likeness (QED) is 0.330. The SMILES string of the molecule is O=C(NCCCc1nc2ccccc2n1Cc1ccc2ccccc2c1)c1ccccc1F. The zero-order chi connectivity index (χ0) is 22.6. The third-order valence-corrected chi connectivity index (χ3v) is 5.87. The number of hydrogen-bond acceptors (Lipinski definition) is 2. The van der Waals surface area contributed by atoms with Gasteiger partial charge in [-0.05, 0) is 53.1 Å². The second-order valence-corrected chi connectivity index (χ2v) is 8.12. The lowest BCUT2D eigenvalue weighted by Gasteiger charge is -2.11. The third-order valence-electron chi connectivity index (χ3n) is 5.87. The number of amides is 1. The molecule has 1 amide bonds. The highest BCUT2D eigenvalue weighted by molar-refractivity contribution is 5.94. The molecule has 0 saturated carbocycles. The second kappa shape index (κ2) is 9.25. The number of nitrogens with zero attached hydrogens (tertiary/aromatic N) is 2. The highest BCUT2D eigenvalue weighted by Gasteiger charge is 2.13. The topological polar surface area (TPSA) is 46.9 Å². The summed E-state index contributed by atoms with van der Waals surface area (Å²) in [6.45, 7) is 1.18. The van der Waals surface area contributed by atoms with Gasteiger partial charge in [0.05, 0.1) is 16.6 Å². The number of fused-ring (bicyclic) bond motifs is 2. The molecule has 0 atom stereocenters. The molecular weight excluding hydrogens is 413 g/mol. The van der Waals surface area contributed by atoms with Gasteiger partial charge in [-0.15, -0.1) is 0 Å². The number of carbonyl (C=O) groups is 1. The monoisotopic (exact) mass is 437 g/mol. The fourth-order valence-corrected chi connectivity index (χ4v) is 4.20. The van der Waals surface area contributed by atoms with Gasteiger partial charge in [-0.3, -0.25) is 4.79 Å². The van der Waals surface area contributed by atoms with Crippen LogP contribution in [0, 0.1) is 5.82 Å². The van der Waals surface area contributed by atoms with Gasteiger partial charge in [0, 0.05) is 19.5 Å². The predicted octanol–water partition coefficient (Wildman–Crippen LogP) is 5.74. The Morgan fingerprint density at radius 2 is 1.64 bits per heavy atom. The third kappa shape index (κ3) is 4.48. The molecule has 0 unspecified atom stereocenters. The molecule has 1 aromatic heterocycles. The maximum Gasteiger partial charge on any atom is 0.254 e. The van der Waals surface area contributed by atoms with Crippen LogP contribution in [-0.2, 0) is 13.0 Å². The molecule has 1 heterocycles. The van der Waals surface area contributed by atoms with Crippen molar-refractivity contribution in [1.29, 1.82) is 0 Å². The Morgan fingerprint density at radius 1 is 0.879 bits per heavy atom. The standard InChI is InChI=1S/C28H24FN3O/c29-24-11-4-3-10-23(24)28(33)30-17-7-14-27-31-25-12-5-6-13-26(25)32(27)19-20-15-16-21-8-1-2-9-22(21)18-20/h1-6,8-13,15-16,18H,7,14,17,19H2,(H,30,33). The van der Waals surface area contributed by atoms with Crippen LogP contribution < -0.4 is 5.32 Å². The van der Waals surface area contributed by atoms with Crippen molar-refractivity contribution in [3.8, 4) is 0 Å². The Morgan fingerprint density at radius 3 is 2.52 bits per heavy atom. The van der Waals surface area contributed by atoms with Gasteiger partial charge in [0.15, 0.2) is 0 Å². The molecule has 0 fully saturated rings. The van der Waals surface area contributed by atoms with Gasteiger partial charge in [0.2, 0.25) is 0 Å². The zero-order valence-corrected chi connectivity index (χ0v) is 18.2. The first-order valence-corrected chi connectivity index (χ1v) is 11.1. The van der Waals surface area contributed by atoms with Crippen LogP contribution in [0.5, 0.6) is 0 Å². The maximum atomic E-state index is 13.8. The first kappa shape index (κ1) is 20.9. The van der Waals surface area contributed by atoms with Gasteiger partial charge in [0.25, 0.3) is 5.91 Å². The molecule has 4 nitrogen and oxygen atoms in total. The van der Waals surface area contributed by atoms with E-state index >= 15 is 0 Å². The van der Waals surface area contributed by atoms with Crippen LogP contribution in [0.1, 0.15) is 28.2 Å². The number of benzene rings is 4. The van der Waals surface area contributed by atoms with Gasteiger partial charge in [-0.1, -0.05) is 60.7 Å². The number of para-hydroxylation sites is 2.